The maximum absolute atomic E-state index is 12.5. The summed E-state index contributed by atoms with van der Waals surface area (Å²) < 4.78 is 28.0. The second-order valence-corrected chi connectivity index (χ2v) is 10.3. The van der Waals surface area contributed by atoms with Gasteiger partial charge < -0.3 is 4.57 Å². The summed E-state index contributed by atoms with van der Waals surface area (Å²) in [5.74, 6) is -0.536. The molecule has 1 N–H and O–H groups in total. The molecule has 0 bridgehead atoms. The van der Waals surface area contributed by atoms with Crippen molar-refractivity contribution in [2.45, 2.75) is 27.7 Å². The number of hydrazone groups is 1. The average molecular weight is 487 g/mol. The van der Waals surface area contributed by atoms with Crippen LogP contribution in [0, 0.1) is 27.7 Å². The molecule has 1 heterocycles. The number of carbonyl (C=O) groups is 1. The highest BCUT2D eigenvalue weighted by atomic mass is 35.5. The van der Waals surface area contributed by atoms with E-state index in [2.05, 4.69) is 15.1 Å². The van der Waals surface area contributed by atoms with E-state index in [-0.39, 0.29) is 6.54 Å². The van der Waals surface area contributed by atoms with E-state index in [0.717, 1.165) is 44.3 Å². The Balaban J connectivity index is 1.77. The molecule has 0 aliphatic carbocycles. The molecule has 2 aromatic carbocycles. The molecule has 0 fully saturated rings. The first-order valence-corrected chi connectivity index (χ1v) is 12.5. The standard InChI is InChI=1S/C24H27ClN4O3S/c1-16-7-6-8-17(2)24(16)28(33(5,31)32)15-23(30)27-26-14-20-13-18(3)29(19(20)4)22-11-9-21(25)10-12-22/h6-14H,15H2,1-5H3,(H,27,30)/b26-14+. The van der Waals surface area contributed by atoms with E-state index < -0.39 is 15.9 Å². The number of hydrogen-bond acceptors (Lipinski definition) is 4. The largest absolute Gasteiger partial charge is 0.318 e. The van der Waals surface area contributed by atoms with Crippen molar-refractivity contribution < 1.29 is 13.2 Å². The smallest absolute Gasteiger partial charge is 0.260 e. The van der Waals surface area contributed by atoms with Gasteiger partial charge in [-0.15, -0.1) is 0 Å². The molecular weight excluding hydrogens is 460 g/mol. The molecule has 0 unspecified atom stereocenters. The van der Waals surface area contributed by atoms with Crippen LogP contribution in [0.3, 0.4) is 0 Å². The van der Waals surface area contributed by atoms with Crippen LogP contribution in [0.5, 0.6) is 0 Å². The zero-order valence-electron chi connectivity index (χ0n) is 19.3. The molecule has 1 amide bonds. The average Bonchev–Trinajstić information content (AvgIpc) is 3.00. The minimum atomic E-state index is -3.67. The van der Waals surface area contributed by atoms with Gasteiger partial charge in [-0.3, -0.25) is 9.10 Å². The molecule has 1 aromatic heterocycles. The summed E-state index contributed by atoms with van der Waals surface area (Å²) >= 11 is 5.99. The number of aryl methyl sites for hydroxylation is 3. The second-order valence-electron chi connectivity index (χ2n) is 7.94. The summed E-state index contributed by atoms with van der Waals surface area (Å²) in [6.07, 6.45) is 2.64. The lowest BCUT2D eigenvalue weighted by Crippen LogP contribution is -2.39. The first-order chi connectivity index (χ1) is 15.5. The number of nitrogens with one attached hydrogen (secondary N) is 1. The van der Waals surface area contributed by atoms with E-state index in [9.17, 15) is 13.2 Å². The minimum Gasteiger partial charge on any atom is -0.318 e. The first-order valence-electron chi connectivity index (χ1n) is 10.3. The number of hydrogen-bond donors (Lipinski definition) is 1. The number of rotatable bonds is 7. The number of halogens is 1. The molecule has 33 heavy (non-hydrogen) atoms. The predicted octanol–water partition coefficient (Wildman–Crippen LogP) is 4.28. The lowest BCUT2D eigenvalue weighted by molar-refractivity contribution is -0.119. The lowest BCUT2D eigenvalue weighted by Gasteiger charge is -2.25. The molecule has 0 atom stereocenters. The van der Waals surface area contributed by atoms with E-state index >= 15 is 0 Å². The highest BCUT2D eigenvalue weighted by Crippen LogP contribution is 2.26. The molecule has 0 aliphatic rings. The molecule has 0 saturated carbocycles. The van der Waals surface area contributed by atoms with Crippen molar-refractivity contribution in [1.29, 1.82) is 0 Å². The number of para-hydroxylation sites is 1. The quantitative estimate of drug-likeness (QED) is 0.399. The molecule has 0 radical (unpaired) electrons. The number of benzene rings is 2. The van der Waals surface area contributed by atoms with Gasteiger partial charge in [-0.2, -0.15) is 5.10 Å². The topological polar surface area (TPSA) is 83.8 Å². The molecule has 174 valence electrons. The molecule has 0 aliphatic heterocycles. The van der Waals surface area contributed by atoms with E-state index in [1.165, 1.54) is 0 Å². The second kappa shape index (κ2) is 9.80. The van der Waals surface area contributed by atoms with Gasteiger partial charge in [0.1, 0.15) is 6.54 Å². The van der Waals surface area contributed by atoms with Crippen LogP contribution >= 0.6 is 11.6 Å². The molecule has 3 aromatic rings. The SMILES string of the molecule is Cc1cccc(C)c1N(CC(=O)N/N=C/c1cc(C)n(-c2ccc(Cl)cc2)c1C)S(C)(=O)=O. The molecule has 3 rings (SSSR count). The number of amides is 1. The van der Waals surface area contributed by atoms with Gasteiger partial charge in [0.15, 0.2) is 0 Å². The van der Waals surface area contributed by atoms with E-state index in [1.54, 1.807) is 6.21 Å². The van der Waals surface area contributed by atoms with E-state index in [4.69, 9.17) is 11.6 Å². The predicted molar refractivity (Wildman–Crippen MR) is 134 cm³/mol. The van der Waals surface area contributed by atoms with Gasteiger partial charge in [0, 0.05) is 27.7 Å². The van der Waals surface area contributed by atoms with Crippen LogP contribution in [0.1, 0.15) is 28.1 Å². The van der Waals surface area contributed by atoms with Crippen molar-refractivity contribution in [2.75, 3.05) is 17.1 Å². The van der Waals surface area contributed by atoms with Gasteiger partial charge in [-0.25, -0.2) is 13.8 Å². The van der Waals surface area contributed by atoms with Crippen molar-refractivity contribution in [3.63, 3.8) is 0 Å². The summed E-state index contributed by atoms with van der Waals surface area (Å²) in [7, 11) is -3.67. The van der Waals surface area contributed by atoms with Gasteiger partial charge in [-0.1, -0.05) is 29.8 Å². The van der Waals surface area contributed by atoms with Crippen molar-refractivity contribution in [3.05, 3.63) is 81.6 Å². The minimum absolute atomic E-state index is 0.369. The first kappa shape index (κ1) is 24.5. The van der Waals surface area contributed by atoms with Crippen molar-refractivity contribution in [2.24, 2.45) is 5.10 Å². The zero-order valence-corrected chi connectivity index (χ0v) is 20.8. The molecule has 0 saturated heterocycles. The zero-order chi connectivity index (χ0) is 24.3. The third-order valence-corrected chi connectivity index (χ3v) is 6.69. The van der Waals surface area contributed by atoms with Crippen LogP contribution in [-0.4, -0.2) is 37.9 Å². The summed E-state index contributed by atoms with van der Waals surface area (Å²) in [6, 6.07) is 14.9. The van der Waals surface area contributed by atoms with Crippen molar-refractivity contribution >= 4 is 39.4 Å². The highest BCUT2D eigenvalue weighted by Gasteiger charge is 2.23. The fourth-order valence-corrected chi connectivity index (χ4v) is 4.90. The molecule has 9 heteroatoms. The monoisotopic (exact) mass is 486 g/mol. The molecule has 7 nitrogen and oxygen atoms in total. The summed E-state index contributed by atoms with van der Waals surface area (Å²) in [5, 5.41) is 4.72. The van der Waals surface area contributed by atoms with Gasteiger partial charge in [0.2, 0.25) is 10.0 Å². The Labute approximate surface area is 199 Å². The third kappa shape index (κ3) is 5.64. The van der Waals surface area contributed by atoms with Gasteiger partial charge in [-0.05, 0) is 69.2 Å². The number of anilines is 1. The Morgan fingerprint density at radius 2 is 1.70 bits per heavy atom. The highest BCUT2D eigenvalue weighted by molar-refractivity contribution is 7.92. The number of aromatic nitrogens is 1. The van der Waals surface area contributed by atoms with Crippen LogP contribution in [-0.2, 0) is 14.8 Å². The number of nitrogens with zero attached hydrogens (tertiary/aromatic N) is 3. The summed E-state index contributed by atoms with van der Waals surface area (Å²) in [6.45, 7) is 7.19. The van der Waals surface area contributed by atoms with Gasteiger partial charge in [0.05, 0.1) is 18.2 Å². The number of carbonyl (C=O) groups excluding carboxylic acids is 1. The Kier molecular flexibility index (Phi) is 7.29. The Bertz CT molecular complexity index is 1290. The third-order valence-electron chi connectivity index (χ3n) is 5.32. The molecule has 0 spiro atoms. The van der Waals surface area contributed by atoms with Crippen LogP contribution < -0.4 is 9.73 Å². The Morgan fingerprint density at radius 3 is 2.27 bits per heavy atom. The van der Waals surface area contributed by atoms with Gasteiger partial charge >= 0.3 is 0 Å². The van der Waals surface area contributed by atoms with Crippen LogP contribution in [0.25, 0.3) is 5.69 Å². The summed E-state index contributed by atoms with van der Waals surface area (Å²) in [4.78, 5) is 12.5. The maximum Gasteiger partial charge on any atom is 0.260 e. The number of sulfonamides is 1. The fourth-order valence-electron chi connectivity index (χ4n) is 3.81. The van der Waals surface area contributed by atoms with Crippen LogP contribution in [0.15, 0.2) is 53.6 Å². The van der Waals surface area contributed by atoms with Crippen molar-refractivity contribution in [1.82, 2.24) is 9.99 Å². The lowest BCUT2D eigenvalue weighted by atomic mass is 10.1. The van der Waals surface area contributed by atoms with Crippen molar-refractivity contribution in [3.8, 4) is 5.69 Å². The summed E-state index contributed by atoms with van der Waals surface area (Å²) in [5.41, 5.74) is 8.23. The van der Waals surface area contributed by atoms with E-state index in [1.807, 2.05) is 76.2 Å². The Hall–Kier alpha value is -3.10. The normalized spacial score (nSPS) is 11.7. The van der Waals surface area contributed by atoms with Crippen LogP contribution in [0.2, 0.25) is 5.02 Å². The Morgan fingerprint density at radius 1 is 1.09 bits per heavy atom. The van der Waals surface area contributed by atoms with Crippen LogP contribution in [0.4, 0.5) is 5.69 Å². The van der Waals surface area contributed by atoms with E-state index in [0.29, 0.717) is 10.7 Å². The maximum atomic E-state index is 12.5. The van der Waals surface area contributed by atoms with Gasteiger partial charge in [0.25, 0.3) is 5.91 Å². The fraction of sp³-hybridized carbons (Fsp3) is 0.250. The molecular formula is C24H27ClN4O3S.